The molecule has 0 atom stereocenters. The highest BCUT2D eigenvalue weighted by Gasteiger charge is 2.25. The third-order valence-corrected chi connectivity index (χ3v) is 4.30. The zero-order valence-electron chi connectivity index (χ0n) is 12.0. The number of carbonyl (C=O) groups excluding carboxylic acids is 1. The summed E-state index contributed by atoms with van der Waals surface area (Å²) in [5.74, 6) is 0. The first-order valence-electron chi connectivity index (χ1n) is 7.68. The standard InChI is InChI=1S/C16H23N3O/c20-16(18-9-5-2-6-10-18)19-13-11-17(12-14-19)15-7-3-1-4-8-15/h1,3-4,7-8H,2,5-6,9-14H2. The highest BCUT2D eigenvalue weighted by Crippen LogP contribution is 2.17. The molecule has 2 saturated heterocycles. The molecule has 2 aliphatic rings. The van der Waals surface area contributed by atoms with E-state index < -0.39 is 0 Å². The number of rotatable bonds is 1. The van der Waals surface area contributed by atoms with Gasteiger partial charge in [-0.05, 0) is 31.4 Å². The van der Waals surface area contributed by atoms with Crippen LogP contribution in [-0.4, -0.2) is 55.1 Å². The summed E-state index contributed by atoms with van der Waals surface area (Å²) < 4.78 is 0. The molecule has 0 aromatic heterocycles. The number of likely N-dealkylation sites (tertiary alicyclic amines) is 1. The monoisotopic (exact) mass is 273 g/mol. The molecule has 4 nitrogen and oxygen atoms in total. The molecule has 0 saturated carbocycles. The molecule has 0 aliphatic carbocycles. The van der Waals surface area contributed by atoms with Gasteiger partial charge in [-0.3, -0.25) is 0 Å². The number of piperidine rings is 1. The number of benzene rings is 1. The third kappa shape index (κ3) is 2.89. The summed E-state index contributed by atoms with van der Waals surface area (Å²) in [7, 11) is 0. The van der Waals surface area contributed by atoms with Crippen LogP contribution in [0.4, 0.5) is 10.5 Å². The Labute approximate surface area is 121 Å². The molecule has 1 aromatic rings. The van der Waals surface area contributed by atoms with Crippen LogP contribution in [0.5, 0.6) is 0 Å². The van der Waals surface area contributed by atoms with Crippen LogP contribution in [0.1, 0.15) is 19.3 Å². The molecule has 0 spiro atoms. The minimum Gasteiger partial charge on any atom is -0.368 e. The fourth-order valence-electron chi connectivity index (χ4n) is 3.08. The maximum atomic E-state index is 12.4. The van der Waals surface area contributed by atoms with E-state index in [9.17, 15) is 4.79 Å². The number of hydrogen-bond donors (Lipinski definition) is 0. The van der Waals surface area contributed by atoms with E-state index in [1.807, 2.05) is 15.9 Å². The summed E-state index contributed by atoms with van der Waals surface area (Å²) in [5.41, 5.74) is 1.26. The lowest BCUT2D eigenvalue weighted by Gasteiger charge is -2.39. The van der Waals surface area contributed by atoms with Crippen molar-refractivity contribution in [2.24, 2.45) is 0 Å². The van der Waals surface area contributed by atoms with Gasteiger partial charge < -0.3 is 14.7 Å². The Bertz CT molecular complexity index is 434. The van der Waals surface area contributed by atoms with Crippen molar-refractivity contribution in [3.8, 4) is 0 Å². The van der Waals surface area contributed by atoms with Crippen LogP contribution < -0.4 is 4.90 Å². The van der Waals surface area contributed by atoms with Crippen molar-refractivity contribution in [2.45, 2.75) is 19.3 Å². The van der Waals surface area contributed by atoms with Gasteiger partial charge in [0, 0.05) is 45.0 Å². The Hall–Kier alpha value is -1.71. The molecule has 2 aliphatic heterocycles. The van der Waals surface area contributed by atoms with Crippen molar-refractivity contribution in [1.29, 1.82) is 0 Å². The number of para-hydroxylation sites is 1. The van der Waals surface area contributed by atoms with Gasteiger partial charge in [0.25, 0.3) is 0 Å². The molecule has 1 aromatic carbocycles. The highest BCUT2D eigenvalue weighted by atomic mass is 16.2. The first-order chi connectivity index (χ1) is 9.84. The maximum Gasteiger partial charge on any atom is 0.320 e. The van der Waals surface area contributed by atoms with Crippen LogP contribution >= 0.6 is 0 Å². The number of piperazine rings is 1. The molecule has 0 radical (unpaired) electrons. The Kier molecular flexibility index (Phi) is 4.09. The van der Waals surface area contributed by atoms with E-state index in [1.54, 1.807) is 0 Å². The topological polar surface area (TPSA) is 26.8 Å². The number of urea groups is 1. The van der Waals surface area contributed by atoms with Gasteiger partial charge in [-0.2, -0.15) is 0 Å². The predicted molar refractivity (Wildman–Crippen MR) is 81.0 cm³/mol. The predicted octanol–water partition coefficient (Wildman–Crippen LogP) is 2.41. The molecule has 2 amide bonds. The smallest absolute Gasteiger partial charge is 0.320 e. The van der Waals surface area contributed by atoms with Crippen molar-refractivity contribution >= 4 is 11.7 Å². The zero-order valence-corrected chi connectivity index (χ0v) is 12.0. The average Bonchev–Trinajstić information content (AvgIpc) is 2.56. The van der Waals surface area contributed by atoms with Crippen LogP contribution in [-0.2, 0) is 0 Å². The molecular formula is C16H23N3O. The van der Waals surface area contributed by atoms with Crippen molar-refractivity contribution in [2.75, 3.05) is 44.2 Å². The van der Waals surface area contributed by atoms with Crippen molar-refractivity contribution in [3.05, 3.63) is 30.3 Å². The highest BCUT2D eigenvalue weighted by molar-refractivity contribution is 5.75. The molecule has 0 bridgehead atoms. The Balaban J connectivity index is 1.54. The average molecular weight is 273 g/mol. The summed E-state index contributed by atoms with van der Waals surface area (Å²) >= 11 is 0. The lowest BCUT2D eigenvalue weighted by Crippen LogP contribution is -2.53. The van der Waals surface area contributed by atoms with Crippen LogP contribution in [0.2, 0.25) is 0 Å². The third-order valence-electron chi connectivity index (χ3n) is 4.30. The Morgan fingerprint density at radius 3 is 2.00 bits per heavy atom. The summed E-state index contributed by atoms with van der Waals surface area (Å²) in [6.07, 6.45) is 3.59. The fourth-order valence-corrected chi connectivity index (χ4v) is 3.08. The van der Waals surface area contributed by atoms with Crippen molar-refractivity contribution in [3.63, 3.8) is 0 Å². The minimum atomic E-state index is 0.248. The molecule has 3 rings (SSSR count). The van der Waals surface area contributed by atoms with E-state index in [4.69, 9.17) is 0 Å². The second-order valence-electron chi connectivity index (χ2n) is 5.64. The van der Waals surface area contributed by atoms with Gasteiger partial charge in [0.1, 0.15) is 0 Å². The van der Waals surface area contributed by atoms with Gasteiger partial charge in [0.15, 0.2) is 0 Å². The molecule has 0 unspecified atom stereocenters. The Morgan fingerprint density at radius 2 is 1.35 bits per heavy atom. The van der Waals surface area contributed by atoms with Crippen molar-refractivity contribution in [1.82, 2.24) is 9.80 Å². The zero-order chi connectivity index (χ0) is 13.8. The van der Waals surface area contributed by atoms with E-state index in [1.165, 1.54) is 12.1 Å². The number of nitrogens with zero attached hydrogens (tertiary/aromatic N) is 3. The second kappa shape index (κ2) is 6.16. The maximum absolute atomic E-state index is 12.4. The van der Waals surface area contributed by atoms with E-state index in [0.29, 0.717) is 0 Å². The van der Waals surface area contributed by atoms with Crippen LogP contribution in [0.3, 0.4) is 0 Å². The Morgan fingerprint density at radius 1 is 0.750 bits per heavy atom. The van der Waals surface area contributed by atoms with Gasteiger partial charge >= 0.3 is 6.03 Å². The fraction of sp³-hybridized carbons (Fsp3) is 0.562. The van der Waals surface area contributed by atoms with E-state index in [0.717, 1.165) is 52.1 Å². The number of carbonyl (C=O) groups is 1. The molecular weight excluding hydrogens is 250 g/mol. The quantitative estimate of drug-likeness (QED) is 0.785. The first-order valence-corrected chi connectivity index (χ1v) is 7.68. The molecule has 20 heavy (non-hydrogen) atoms. The molecule has 4 heteroatoms. The largest absolute Gasteiger partial charge is 0.368 e. The number of anilines is 1. The number of amides is 2. The van der Waals surface area contributed by atoms with Gasteiger partial charge in [-0.1, -0.05) is 18.2 Å². The summed E-state index contributed by atoms with van der Waals surface area (Å²) in [6, 6.07) is 10.7. The molecule has 2 fully saturated rings. The molecule has 2 heterocycles. The normalized spacial score (nSPS) is 20.1. The lowest BCUT2D eigenvalue weighted by atomic mass is 10.1. The summed E-state index contributed by atoms with van der Waals surface area (Å²) in [6.45, 7) is 5.43. The molecule has 0 N–H and O–H groups in total. The summed E-state index contributed by atoms with van der Waals surface area (Å²) in [4.78, 5) is 18.8. The van der Waals surface area contributed by atoms with E-state index in [2.05, 4.69) is 29.2 Å². The van der Waals surface area contributed by atoms with Crippen molar-refractivity contribution < 1.29 is 4.79 Å². The van der Waals surface area contributed by atoms with Gasteiger partial charge in [0.05, 0.1) is 0 Å². The SMILES string of the molecule is O=C(N1CCCCC1)N1CCN(c2ccccc2)CC1. The van der Waals surface area contributed by atoms with Crippen LogP contribution in [0.15, 0.2) is 30.3 Å². The number of hydrogen-bond acceptors (Lipinski definition) is 2. The van der Waals surface area contributed by atoms with Crippen LogP contribution in [0.25, 0.3) is 0 Å². The summed E-state index contributed by atoms with van der Waals surface area (Å²) in [5, 5.41) is 0. The first kappa shape index (κ1) is 13.3. The van der Waals surface area contributed by atoms with Gasteiger partial charge in [0.2, 0.25) is 0 Å². The lowest BCUT2D eigenvalue weighted by molar-refractivity contribution is 0.141. The second-order valence-corrected chi connectivity index (χ2v) is 5.64. The molecule has 108 valence electrons. The van der Waals surface area contributed by atoms with E-state index in [-0.39, 0.29) is 6.03 Å². The van der Waals surface area contributed by atoms with Gasteiger partial charge in [-0.15, -0.1) is 0 Å². The van der Waals surface area contributed by atoms with Gasteiger partial charge in [-0.25, -0.2) is 4.79 Å². The van der Waals surface area contributed by atoms with Crippen LogP contribution in [0, 0.1) is 0 Å². The minimum absolute atomic E-state index is 0.248. The van der Waals surface area contributed by atoms with E-state index >= 15 is 0 Å².